The van der Waals surface area contributed by atoms with Gasteiger partial charge in [-0.1, -0.05) is 34.9 Å². The summed E-state index contributed by atoms with van der Waals surface area (Å²) in [6.07, 6.45) is 11.8. The van der Waals surface area contributed by atoms with Crippen LogP contribution in [0.1, 0.15) is 59.3 Å². The van der Waals surface area contributed by atoms with Crippen LogP contribution in [0.2, 0.25) is 0 Å². The van der Waals surface area contributed by atoms with Crippen molar-refractivity contribution in [1.29, 1.82) is 0 Å². The normalized spacial score (nSPS) is 20.5. The number of hydrogen-bond acceptors (Lipinski definition) is 4. The highest BCUT2D eigenvalue weighted by molar-refractivity contribution is 5.82. The summed E-state index contributed by atoms with van der Waals surface area (Å²) >= 11 is 0. The lowest BCUT2D eigenvalue weighted by Crippen LogP contribution is -2.33. The molecule has 1 rings (SSSR count). The molecule has 0 heterocycles. The highest BCUT2D eigenvalue weighted by atomic mass is 16.5. The Morgan fingerprint density at radius 3 is 2.28 bits per heavy atom. The molecule has 0 saturated heterocycles. The lowest BCUT2D eigenvalue weighted by Gasteiger charge is -2.27. The van der Waals surface area contributed by atoms with Crippen molar-refractivity contribution in [1.82, 2.24) is 0 Å². The SMILES string of the molecule is COC(=O)C1CC=C(CC/C=C(/C)CCC=C(C)C)CC1C(=O)OC. The van der Waals surface area contributed by atoms with Crippen molar-refractivity contribution in [3.05, 3.63) is 34.9 Å². The van der Waals surface area contributed by atoms with Gasteiger partial charge in [0.25, 0.3) is 0 Å². The molecule has 0 amide bonds. The molecule has 0 N–H and O–H groups in total. The van der Waals surface area contributed by atoms with Crippen molar-refractivity contribution in [3.8, 4) is 0 Å². The Bertz CT molecular complexity index is 550. The lowest BCUT2D eigenvalue weighted by molar-refractivity contribution is -0.157. The van der Waals surface area contributed by atoms with Gasteiger partial charge in [0.2, 0.25) is 0 Å². The van der Waals surface area contributed by atoms with Gasteiger partial charge < -0.3 is 9.47 Å². The fourth-order valence-electron chi connectivity index (χ4n) is 3.18. The third kappa shape index (κ3) is 7.29. The quantitative estimate of drug-likeness (QED) is 0.469. The Morgan fingerprint density at radius 2 is 1.68 bits per heavy atom. The highest BCUT2D eigenvalue weighted by Crippen LogP contribution is 2.33. The molecule has 0 radical (unpaired) electrons. The Balaban J connectivity index is 2.59. The molecule has 0 aliphatic heterocycles. The fourth-order valence-corrected chi connectivity index (χ4v) is 3.18. The van der Waals surface area contributed by atoms with E-state index in [4.69, 9.17) is 9.47 Å². The Kier molecular flexibility index (Phi) is 9.25. The summed E-state index contributed by atoms with van der Waals surface area (Å²) in [5.74, 6) is -1.52. The summed E-state index contributed by atoms with van der Waals surface area (Å²) < 4.78 is 9.70. The first kappa shape index (κ1) is 21.2. The van der Waals surface area contributed by atoms with E-state index in [0.29, 0.717) is 12.8 Å². The molecule has 0 bridgehead atoms. The van der Waals surface area contributed by atoms with Crippen LogP contribution < -0.4 is 0 Å². The predicted octanol–water partition coefficient (Wildman–Crippen LogP) is 4.76. The minimum atomic E-state index is -0.430. The summed E-state index contributed by atoms with van der Waals surface area (Å²) in [6, 6.07) is 0. The number of esters is 2. The minimum Gasteiger partial charge on any atom is -0.469 e. The molecular formula is C21H32O4. The Labute approximate surface area is 152 Å². The van der Waals surface area contributed by atoms with Crippen molar-refractivity contribution in [3.63, 3.8) is 0 Å². The summed E-state index contributed by atoms with van der Waals surface area (Å²) in [7, 11) is 2.73. The van der Waals surface area contributed by atoms with Gasteiger partial charge in [-0.15, -0.1) is 0 Å². The molecule has 0 aromatic carbocycles. The van der Waals surface area contributed by atoms with Crippen molar-refractivity contribution in [2.45, 2.75) is 59.3 Å². The third-order valence-corrected chi connectivity index (χ3v) is 4.69. The van der Waals surface area contributed by atoms with Crippen molar-refractivity contribution in [2.75, 3.05) is 14.2 Å². The number of allylic oxidation sites excluding steroid dienone is 6. The molecule has 0 spiro atoms. The van der Waals surface area contributed by atoms with Gasteiger partial charge in [0.05, 0.1) is 26.1 Å². The summed E-state index contributed by atoms with van der Waals surface area (Å²) in [5.41, 5.74) is 3.98. The van der Waals surface area contributed by atoms with Gasteiger partial charge in [-0.25, -0.2) is 0 Å². The van der Waals surface area contributed by atoms with E-state index in [1.807, 2.05) is 0 Å². The summed E-state index contributed by atoms with van der Waals surface area (Å²) in [4.78, 5) is 23.9. The first-order chi connectivity index (χ1) is 11.9. The maximum absolute atomic E-state index is 12.0. The van der Waals surface area contributed by atoms with E-state index in [9.17, 15) is 9.59 Å². The monoisotopic (exact) mass is 348 g/mol. The first-order valence-electron chi connectivity index (χ1n) is 9.01. The van der Waals surface area contributed by atoms with Crippen molar-refractivity contribution < 1.29 is 19.1 Å². The number of methoxy groups -OCH3 is 2. The number of rotatable bonds is 8. The standard InChI is InChI=1S/C21H32O4/c1-15(2)8-6-9-16(3)10-7-11-17-12-13-18(20(22)24-4)19(14-17)21(23)25-5/h8,10,12,18-19H,6-7,9,11,13-14H2,1-5H3/b16-10-. The molecule has 4 heteroatoms. The van der Waals surface area contributed by atoms with Gasteiger partial charge in [0, 0.05) is 0 Å². The average Bonchev–Trinajstić information content (AvgIpc) is 2.59. The van der Waals surface area contributed by atoms with E-state index < -0.39 is 11.8 Å². The molecule has 0 saturated carbocycles. The first-order valence-corrected chi connectivity index (χ1v) is 9.01. The van der Waals surface area contributed by atoms with Crippen LogP contribution in [-0.4, -0.2) is 26.2 Å². The van der Waals surface area contributed by atoms with Gasteiger partial charge in [-0.2, -0.15) is 0 Å². The van der Waals surface area contributed by atoms with E-state index in [-0.39, 0.29) is 11.9 Å². The van der Waals surface area contributed by atoms with E-state index >= 15 is 0 Å². The van der Waals surface area contributed by atoms with Crippen LogP contribution in [0.5, 0.6) is 0 Å². The van der Waals surface area contributed by atoms with E-state index in [1.165, 1.54) is 30.9 Å². The van der Waals surface area contributed by atoms with Gasteiger partial charge >= 0.3 is 11.9 Å². The highest BCUT2D eigenvalue weighted by Gasteiger charge is 2.37. The fraction of sp³-hybridized carbons (Fsp3) is 0.619. The van der Waals surface area contributed by atoms with Gasteiger partial charge in [-0.05, 0) is 59.3 Å². The number of hydrogen-bond donors (Lipinski definition) is 0. The van der Waals surface area contributed by atoms with Crippen LogP contribution in [0.4, 0.5) is 0 Å². The zero-order valence-electron chi connectivity index (χ0n) is 16.3. The second-order valence-corrected chi connectivity index (χ2v) is 6.97. The van der Waals surface area contributed by atoms with Crippen LogP contribution in [0.25, 0.3) is 0 Å². The van der Waals surface area contributed by atoms with E-state index in [1.54, 1.807) is 0 Å². The largest absolute Gasteiger partial charge is 0.469 e. The molecule has 2 unspecified atom stereocenters. The maximum atomic E-state index is 12.0. The van der Waals surface area contributed by atoms with Crippen LogP contribution in [0, 0.1) is 11.8 Å². The second-order valence-electron chi connectivity index (χ2n) is 6.97. The van der Waals surface area contributed by atoms with E-state index in [0.717, 1.165) is 25.7 Å². The van der Waals surface area contributed by atoms with Crippen LogP contribution in [0.3, 0.4) is 0 Å². The molecule has 25 heavy (non-hydrogen) atoms. The molecule has 1 aliphatic carbocycles. The van der Waals surface area contributed by atoms with E-state index in [2.05, 4.69) is 39.0 Å². The number of ether oxygens (including phenoxy) is 2. The van der Waals surface area contributed by atoms with Crippen LogP contribution in [-0.2, 0) is 19.1 Å². The van der Waals surface area contributed by atoms with Gasteiger partial charge in [-0.3, -0.25) is 9.59 Å². The van der Waals surface area contributed by atoms with Crippen molar-refractivity contribution >= 4 is 11.9 Å². The molecule has 140 valence electrons. The lowest BCUT2D eigenvalue weighted by atomic mass is 9.78. The van der Waals surface area contributed by atoms with Crippen molar-refractivity contribution in [2.24, 2.45) is 11.8 Å². The van der Waals surface area contributed by atoms with Gasteiger partial charge in [0.1, 0.15) is 0 Å². The molecule has 0 aromatic rings. The topological polar surface area (TPSA) is 52.6 Å². The van der Waals surface area contributed by atoms with Crippen LogP contribution >= 0.6 is 0 Å². The number of carbonyl (C=O) groups is 2. The minimum absolute atomic E-state index is 0.325. The number of carbonyl (C=O) groups excluding carboxylic acids is 2. The van der Waals surface area contributed by atoms with Crippen LogP contribution in [0.15, 0.2) is 34.9 Å². The molecule has 0 fully saturated rings. The maximum Gasteiger partial charge on any atom is 0.309 e. The Hall–Kier alpha value is -1.84. The molecule has 2 atom stereocenters. The van der Waals surface area contributed by atoms with Gasteiger partial charge in [0.15, 0.2) is 0 Å². The smallest absolute Gasteiger partial charge is 0.309 e. The zero-order valence-corrected chi connectivity index (χ0v) is 16.3. The molecule has 0 aromatic heterocycles. The predicted molar refractivity (Wildman–Crippen MR) is 100.0 cm³/mol. The average molecular weight is 348 g/mol. The summed E-state index contributed by atoms with van der Waals surface area (Å²) in [5, 5.41) is 0. The zero-order chi connectivity index (χ0) is 18.8. The summed E-state index contributed by atoms with van der Waals surface area (Å²) in [6.45, 7) is 6.40. The second kappa shape index (κ2) is 10.9. The molecular weight excluding hydrogens is 316 g/mol. The third-order valence-electron chi connectivity index (χ3n) is 4.69. The molecule has 4 nitrogen and oxygen atoms in total. The molecule has 1 aliphatic rings. The Morgan fingerprint density at radius 1 is 1.04 bits per heavy atom.